The van der Waals surface area contributed by atoms with Crippen molar-refractivity contribution in [2.75, 3.05) is 6.61 Å². The molecule has 1 N–H and O–H groups in total. The fourth-order valence-corrected chi connectivity index (χ4v) is 3.11. The third-order valence-corrected chi connectivity index (χ3v) is 4.52. The smallest absolute Gasteiger partial charge is 0.331 e. The molecule has 2 aromatic rings. The number of esters is 1. The molecule has 1 aromatic carbocycles. The van der Waals surface area contributed by atoms with Crippen LogP contribution in [0, 0.1) is 0 Å². The van der Waals surface area contributed by atoms with Gasteiger partial charge in [-0.1, -0.05) is 18.2 Å². The van der Waals surface area contributed by atoms with Gasteiger partial charge in [0, 0.05) is 6.08 Å². The summed E-state index contributed by atoms with van der Waals surface area (Å²) in [5.41, 5.74) is 3.86. The molecule has 26 heavy (non-hydrogen) atoms. The summed E-state index contributed by atoms with van der Waals surface area (Å²) in [6.07, 6.45) is 8.95. The molecule has 3 rings (SSSR count). The Morgan fingerprint density at radius 2 is 2.04 bits per heavy atom. The van der Waals surface area contributed by atoms with Gasteiger partial charge in [0.15, 0.2) is 6.61 Å². The van der Waals surface area contributed by atoms with E-state index in [0.29, 0.717) is 5.76 Å². The molecule has 0 spiro atoms. The molecule has 1 aliphatic rings. The molecule has 0 aliphatic heterocycles. The molecule has 5 heteroatoms. The highest BCUT2D eigenvalue weighted by molar-refractivity contribution is 5.89. The molecule has 1 aliphatic carbocycles. The fourth-order valence-electron chi connectivity index (χ4n) is 3.11. The summed E-state index contributed by atoms with van der Waals surface area (Å²) in [4.78, 5) is 23.7. The Bertz CT molecular complexity index is 792. The summed E-state index contributed by atoms with van der Waals surface area (Å²) in [5.74, 6) is -0.361. The first-order chi connectivity index (χ1) is 12.6. The van der Waals surface area contributed by atoms with Crippen LogP contribution >= 0.6 is 0 Å². The van der Waals surface area contributed by atoms with Gasteiger partial charge in [-0.3, -0.25) is 4.79 Å². The van der Waals surface area contributed by atoms with Crippen molar-refractivity contribution in [1.82, 2.24) is 5.32 Å². The second-order valence-electron chi connectivity index (χ2n) is 6.48. The number of hydrogen-bond acceptors (Lipinski definition) is 4. The van der Waals surface area contributed by atoms with Gasteiger partial charge in [0.05, 0.1) is 12.3 Å². The van der Waals surface area contributed by atoms with Crippen molar-refractivity contribution in [2.24, 2.45) is 0 Å². The molecule has 1 aromatic heterocycles. The van der Waals surface area contributed by atoms with Crippen LogP contribution in [0.15, 0.2) is 47.1 Å². The highest BCUT2D eigenvalue weighted by Crippen LogP contribution is 2.24. The van der Waals surface area contributed by atoms with Gasteiger partial charge in [0.1, 0.15) is 5.76 Å². The van der Waals surface area contributed by atoms with Crippen molar-refractivity contribution < 1.29 is 18.7 Å². The minimum absolute atomic E-state index is 0.132. The van der Waals surface area contributed by atoms with Crippen molar-refractivity contribution in [1.29, 1.82) is 0 Å². The maximum Gasteiger partial charge on any atom is 0.331 e. The molecule has 1 heterocycles. The zero-order valence-corrected chi connectivity index (χ0v) is 14.9. The summed E-state index contributed by atoms with van der Waals surface area (Å²) >= 11 is 0. The van der Waals surface area contributed by atoms with Crippen LogP contribution in [0.3, 0.4) is 0 Å². The van der Waals surface area contributed by atoms with Crippen LogP contribution < -0.4 is 5.32 Å². The number of nitrogens with one attached hydrogen (secondary N) is 1. The van der Waals surface area contributed by atoms with Crippen LogP contribution in [-0.4, -0.2) is 18.5 Å². The van der Waals surface area contributed by atoms with E-state index in [1.54, 1.807) is 12.1 Å². The van der Waals surface area contributed by atoms with E-state index >= 15 is 0 Å². The van der Waals surface area contributed by atoms with Gasteiger partial charge in [0.25, 0.3) is 5.91 Å². The lowest BCUT2D eigenvalue weighted by atomic mass is 9.89. The van der Waals surface area contributed by atoms with E-state index in [4.69, 9.17) is 9.15 Å². The van der Waals surface area contributed by atoms with Crippen LogP contribution in [0.2, 0.25) is 0 Å². The number of rotatable bonds is 6. The molecule has 0 saturated heterocycles. The summed E-state index contributed by atoms with van der Waals surface area (Å²) in [6.45, 7) is 1.62. The van der Waals surface area contributed by atoms with Crippen molar-refractivity contribution in [3.05, 3.63) is 65.1 Å². The molecular formula is C21H23NO4. The average Bonchev–Trinajstić information content (AvgIpc) is 3.18. The van der Waals surface area contributed by atoms with Crippen LogP contribution in [0.5, 0.6) is 0 Å². The van der Waals surface area contributed by atoms with E-state index in [1.807, 2.05) is 6.92 Å². The van der Waals surface area contributed by atoms with Gasteiger partial charge in [-0.15, -0.1) is 0 Å². The Labute approximate surface area is 153 Å². The minimum atomic E-state index is -0.585. The summed E-state index contributed by atoms with van der Waals surface area (Å²) in [7, 11) is 0. The average molecular weight is 353 g/mol. The molecule has 0 radical (unpaired) electrons. The topological polar surface area (TPSA) is 68.5 Å². The monoisotopic (exact) mass is 353 g/mol. The van der Waals surface area contributed by atoms with E-state index in [-0.39, 0.29) is 18.6 Å². The highest BCUT2D eigenvalue weighted by atomic mass is 16.5. The largest absolute Gasteiger partial charge is 0.465 e. The third kappa shape index (κ3) is 4.85. The van der Waals surface area contributed by atoms with E-state index in [9.17, 15) is 9.59 Å². The Morgan fingerprint density at radius 3 is 2.81 bits per heavy atom. The van der Waals surface area contributed by atoms with E-state index in [1.165, 1.54) is 42.4 Å². The Balaban J connectivity index is 1.47. The Hall–Kier alpha value is -2.82. The molecular weight excluding hydrogens is 330 g/mol. The number of furan rings is 1. The lowest BCUT2D eigenvalue weighted by molar-refractivity contribution is -0.144. The van der Waals surface area contributed by atoms with Crippen molar-refractivity contribution in [2.45, 2.75) is 38.6 Å². The molecule has 136 valence electrons. The molecule has 0 saturated carbocycles. The Morgan fingerprint density at radius 1 is 1.23 bits per heavy atom. The molecule has 0 unspecified atom stereocenters. The predicted octanol–water partition coefficient (Wildman–Crippen LogP) is 3.59. The van der Waals surface area contributed by atoms with Gasteiger partial charge < -0.3 is 14.5 Å². The van der Waals surface area contributed by atoms with Crippen molar-refractivity contribution >= 4 is 18.0 Å². The van der Waals surface area contributed by atoms with Crippen LogP contribution in [0.1, 0.15) is 48.3 Å². The Kier molecular flexibility index (Phi) is 5.89. The quantitative estimate of drug-likeness (QED) is 0.636. The van der Waals surface area contributed by atoms with Gasteiger partial charge >= 0.3 is 5.97 Å². The molecule has 1 amide bonds. The molecule has 1 atom stereocenters. The second kappa shape index (κ2) is 8.52. The van der Waals surface area contributed by atoms with Crippen molar-refractivity contribution in [3.8, 4) is 0 Å². The molecule has 5 nitrogen and oxygen atoms in total. The third-order valence-electron chi connectivity index (χ3n) is 4.52. The maximum absolute atomic E-state index is 12.0. The first-order valence-corrected chi connectivity index (χ1v) is 8.91. The van der Waals surface area contributed by atoms with Crippen molar-refractivity contribution in [3.63, 3.8) is 0 Å². The zero-order chi connectivity index (χ0) is 18.4. The maximum atomic E-state index is 12.0. The predicted molar refractivity (Wildman–Crippen MR) is 98.3 cm³/mol. The van der Waals surface area contributed by atoms with E-state index in [0.717, 1.165) is 18.4 Å². The van der Waals surface area contributed by atoms with E-state index in [2.05, 4.69) is 23.5 Å². The van der Waals surface area contributed by atoms with E-state index < -0.39 is 5.97 Å². The molecule has 0 bridgehead atoms. The fraction of sp³-hybridized carbons (Fsp3) is 0.333. The number of carbonyl (C=O) groups excluding carboxylic acids is 2. The van der Waals surface area contributed by atoms with Gasteiger partial charge in [-0.25, -0.2) is 4.79 Å². The summed E-state index contributed by atoms with van der Waals surface area (Å²) in [6, 6.07) is 9.71. The normalized spacial score (nSPS) is 14.7. The standard InChI is InChI=1S/C21H23NO4/c1-15(17-9-8-16-5-2-3-6-18(16)13-17)22-20(23)14-26-21(24)11-10-19-7-4-12-25-19/h4,7-13,15H,2-3,5-6,14H2,1H3,(H,22,23)/b11-10+/t15-/m1/s1. The number of ether oxygens (including phenoxy) is 1. The van der Waals surface area contributed by atoms with Crippen LogP contribution in [0.4, 0.5) is 0 Å². The summed E-state index contributed by atoms with van der Waals surface area (Å²) < 4.78 is 10.0. The SMILES string of the molecule is C[C@@H](NC(=O)COC(=O)/C=C/c1ccco1)c1ccc2c(c1)CCCC2. The zero-order valence-electron chi connectivity index (χ0n) is 14.9. The van der Waals surface area contributed by atoms with Gasteiger partial charge in [-0.2, -0.15) is 0 Å². The number of carbonyl (C=O) groups is 2. The summed E-state index contributed by atoms with van der Waals surface area (Å²) in [5, 5.41) is 2.87. The number of amides is 1. The number of aryl methyl sites for hydroxylation is 2. The number of benzene rings is 1. The second-order valence-corrected chi connectivity index (χ2v) is 6.48. The van der Waals surface area contributed by atoms with Gasteiger partial charge in [0.2, 0.25) is 0 Å². The number of fused-ring (bicyclic) bond motifs is 1. The lowest BCUT2D eigenvalue weighted by Crippen LogP contribution is -2.31. The first kappa shape index (κ1) is 18.0. The minimum Gasteiger partial charge on any atom is -0.465 e. The lowest BCUT2D eigenvalue weighted by Gasteiger charge is -2.20. The van der Waals surface area contributed by atoms with Crippen LogP contribution in [-0.2, 0) is 27.2 Å². The van der Waals surface area contributed by atoms with Crippen LogP contribution in [0.25, 0.3) is 6.08 Å². The van der Waals surface area contributed by atoms with Gasteiger partial charge in [-0.05, 0) is 67.5 Å². The highest BCUT2D eigenvalue weighted by Gasteiger charge is 2.14. The molecule has 0 fully saturated rings. The number of hydrogen-bond donors (Lipinski definition) is 1. The first-order valence-electron chi connectivity index (χ1n) is 8.91.